The van der Waals surface area contributed by atoms with Gasteiger partial charge in [-0.15, -0.1) is 0 Å². The Morgan fingerprint density at radius 1 is 1.35 bits per heavy atom. The molecule has 0 aliphatic heterocycles. The minimum Gasteiger partial charge on any atom is -0.313 e. The van der Waals surface area contributed by atoms with Crippen LogP contribution in [0.15, 0.2) is 23.0 Å². The summed E-state index contributed by atoms with van der Waals surface area (Å²) in [5.41, 5.74) is 0.264. The second-order valence-corrected chi connectivity index (χ2v) is 4.31. The van der Waals surface area contributed by atoms with Crippen LogP contribution in [0, 0.1) is 0 Å². The fourth-order valence-corrected chi connectivity index (χ4v) is 2.06. The van der Waals surface area contributed by atoms with Crippen LogP contribution in [0.3, 0.4) is 0 Å². The van der Waals surface area contributed by atoms with Crippen molar-refractivity contribution in [3.63, 3.8) is 0 Å². The van der Waals surface area contributed by atoms with Crippen LogP contribution in [0.5, 0.6) is 0 Å². The van der Waals surface area contributed by atoms with Crippen molar-refractivity contribution in [1.29, 1.82) is 0 Å². The molecule has 0 radical (unpaired) electrons. The van der Waals surface area contributed by atoms with Gasteiger partial charge in [-0.25, -0.2) is 14.5 Å². The maximum Gasteiger partial charge on any atom is 0.347 e. The maximum atomic E-state index is 11.7. The number of nitrogens with one attached hydrogen (secondary N) is 2. The molecule has 0 saturated heterocycles. The fourth-order valence-electron chi connectivity index (χ4n) is 1.54. The summed E-state index contributed by atoms with van der Waals surface area (Å²) in [7, 11) is 1.77. The molecule has 0 atom stereocenters. The van der Waals surface area contributed by atoms with E-state index in [0.717, 1.165) is 0 Å². The number of benzene rings is 1. The number of aromatic nitrogens is 3. The predicted octanol–water partition coefficient (Wildman–Crippen LogP) is 1.59. The molecule has 2 rings (SSSR count). The molecule has 1 aromatic heterocycles. The molecular weight excluding hydrogens is 263 g/mol. The van der Waals surface area contributed by atoms with E-state index in [-0.39, 0.29) is 5.69 Å². The highest BCUT2D eigenvalue weighted by atomic mass is 35.5. The molecule has 0 saturated carbocycles. The highest BCUT2D eigenvalue weighted by molar-refractivity contribution is 6.34. The molecule has 0 fully saturated rings. The SMILES string of the molecule is CNCc1n[nH]c(=O)n1-c1cc(Cl)cc(Cl)c1. The van der Waals surface area contributed by atoms with Gasteiger partial charge >= 0.3 is 5.69 Å². The average Bonchev–Trinajstić information content (AvgIpc) is 2.59. The zero-order valence-electron chi connectivity index (χ0n) is 9.00. The van der Waals surface area contributed by atoms with Gasteiger partial charge in [0.15, 0.2) is 5.82 Å². The monoisotopic (exact) mass is 272 g/mol. The molecule has 0 bridgehead atoms. The molecule has 2 aromatic rings. The van der Waals surface area contributed by atoms with E-state index in [1.165, 1.54) is 4.57 Å². The summed E-state index contributed by atoms with van der Waals surface area (Å²) in [6.45, 7) is 0.461. The Morgan fingerprint density at radius 3 is 2.59 bits per heavy atom. The van der Waals surface area contributed by atoms with Gasteiger partial charge < -0.3 is 5.32 Å². The van der Waals surface area contributed by atoms with Crippen LogP contribution in [0.25, 0.3) is 5.69 Å². The van der Waals surface area contributed by atoms with Gasteiger partial charge in [0, 0.05) is 10.0 Å². The number of hydrogen-bond donors (Lipinski definition) is 2. The third-order valence-corrected chi connectivity index (χ3v) is 2.62. The first kappa shape index (κ1) is 12.2. The van der Waals surface area contributed by atoms with Gasteiger partial charge in [-0.3, -0.25) is 0 Å². The van der Waals surface area contributed by atoms with Gasteiger partial charge in [0.05, 0.1) is 12.2 Å². The molecule has 2 N–H and O–H groups in total. The third-order valence-electron chi connectivity index (χ3n) is 2.18. The minimum atomic E-state index is -0.325. The Hall–Kier alpha value is -1.30. The molecule has 7 heteroatoms. The Labute approximate surface area is 107 Å². The lowest BCUT2D eigenvalue weighted by Crippen LogP contribution is -2.19. The van der Waals surface area contributed by atoms with Gasteiger partial charge in [-0.05, 0) is 25.2 Å². The lowest BCUT2D eigenvalue weighted by molar-refractivity contribution is 0.734. The number of H-pyrrole nitrogens is 1. The first-order valence-electron chi connectivity index (χ1n) is 4.89. The van der Waals surface area contributed by atoms with Gasteiger partial charge in [-0.2, -0.15) is 5.10 Å². The van der Waals surface area contributed by atoms with E-state index in [9.17, 15) is 4.79 Å². The summed E-state index contributed by atoms with van der Waals surface area (Å²) in [6, 6.07) is 4.92. The zero-order valence-corrected chi connectivity index (χ0v) is 10.5. The Balaban J connectivity index is 2.59. The Morgan fingerprint density at radius 2 is 2.00 bits per heavy atom. The van der Waals surface area contributed by atoms with E-state index in [4.69, 9.17) is 23.2 Å². The quantitative estimate of drug-likeness (QED) is 0.892. The Kier molecular flexibility index (Phi) is 3.51. The second-order valence-electron chi connectivity index (χ2n) is 3.44. The highest BCUT2D eigenvalue weighted by Gasteiger charge is 2.10. The van der Waals surface area contributed by atoms with Crippen molar-refractivity contribution in [1.82, 2.24) is 20.1 Å². The van der Waals surface area contributed by atoms with Crippen LogP contribution < -0.4 is 11.0 Å². The van der Waals surface area contributed by atoms with Crippen LogP contribution in [0.4, 0.5) is 0 Å². The van der Waals surface area contributed by atoms with Crippen LogP contribution >= 0.6 is 23.2 Å². The molecule has 0 aliphatic carbocycles. The molecule has 1 heterocycles. The molecule has 5 nitrogen and oxygen atoms in total. The van der Waals surface area contributed by atoms with Crippen molar-refractivity contribution in [3.8, 4) is 5.69 Å². The first-order valence-corrected chi connectivity index (χ1v) is 5.65. The maximum absolute atomic E-state index is 11.7. The standard InChI is InChI=1S/C10H10Cl2N4O/c1-13-5-9-14-15-10(17)16(9)8-3-6(11)2-7(12)4-8/h2-4,13H,5H2,1H3,(H,15,17). The number of aromatic amines is 1. The lowest BCUT2D eigenvalue weighted by atomic mass is 10.3. The van der Waals surface area contributed by atoms with E-state index in [2.05, 4.69) is 15.5 Å². The summed E-state index contributed by atoms with van der Waals surface area (Å²) >= 11 is 11.8. The van der Waals surface area contributed by atoms with Crippen molar-refractivity contribution in [3.05, 3.63) is 44.6 Å². The van der Waals surface area contributed by atoms with E-state index in [0.29, 0.717) is 28.1 Å². The highest BCUT2D eigenvalue weighted by Crippen LogP contribution is 2.21. The number of rotatable bonds is 3. The predicted molar refractivity (Wildman–Crippen MR) is 67.0 cm³/mol. The van der Waals surface area contributed by atoms with E-state index < -0.39 is 0 Å². The average molecular weight is 273 g/mol. The summed E-state index contributed by atoms with van der Waals surface area (Å²) in [6.07, 6.45) is 0. The molecule has 0 aliphatic rings. The molecule has 1 aromatic carbocycles. The van der Waals surface area contributed by atoms with E-state index in [1.807, 2.05) is 0 Å². The summed E-state index contributed by atoms with van der Waals surface area (Å²) < 4.78 is 1.42. The number of hydrogen-bond acceptors (Lipinski definition) is 3. The lowest BCUT2D eigenvalue weighted by Gasteiger charge is -2.06. The van der Waals surface area contributed by atoms with Crippen LogP contribution in [-0.4, -0.2) is 21.8 Å². The minimum absolute atomic E-state index is 0.325. The second kappa shape index (κ2) is 4.91. The van der Waals surface area contributed by atoms with Crippen LogP contribution in [-0.2, 0) is 6.54 Å². The third kappa shape index (κ3) is 2.52. The van der Waals surface area contributed by atoms with Gasteiger partial charge in [0.2, 0.25) is 0 Å². The van der Waals surface area contributed by atoms with Crippen molar-refractivity contribution in [2.45, 2.75) is 6.54 Å². The smallest absolute Gasteiger partial charge is 0.313 e. The van der Waals surface area contributed by atoms with Gasteiger partial charge in [0.1, 0.15) is 0 Å². The largest absolute Gasteiger partial charge is 0.347 e. The number of halogens is 2. The topological polar surface area (TPSA) is 62.7 Å². The van der Waals surface area contributed by atoms with Crippen molar-refractivity contribution >= 4 is 23.2 Å². The van der Waals surface area contributed by atoms with Gasteiger partial charge in [0.25, 0.3) is 0 Å². The Bertz CT molecular complexity index is 570. The summed E-state index contributed by atoms with van der Waals surface area (Å²) in [5, 5.41) is 10.2. The number of nitrogens with zero attached hydrogens (tertiary/aromatic N) is 2. The van der Waals surface area contributed by atoms with Crippen molar-refractivity contribution < 1.29 is 0 Å². The molecule has 90 valence electrons. The van der Waals surface area contributed by atoms with E-state index in [1.54, 1.807) is 25.2 Å². The molecule has 0 unspecified atom stereocenters. The zero-order chi connectivity index (χ0) is 12.4. The summed E-state index contributed by atoms with van der Waals surface area (Å²) in [5.74, 6) is 0.566. The van der Waals surface area contributed by atoms with Crippen LogP contribution in [0.2, 0.25) is 10.0 Å². The van der Waals surface area contributed by atoms with Crippen molar-refractivity contribution in [2.75, 3.05) is 7.05 Å². The first-order chi connectivity index (χ1) is 8.11. The normalized spacial score (nSPS) is 10.8. The molecular formula is C10H10Cl2N4O. The fraction of sp³-hybridized carbons (Fsp3) is 0.200. The van der Waals surface area contributed by atoms with E-state index >= 15 is 0 Å². The van der Waals surface area contributed by atoms with Gasteiger partial charge in [-0.1, -0.05) is 23.2 Å². The summed E-state index contributed by atoms with van der Waals surface area (Å²) in [4.78, 5) is 11.7. The van der Waals surface area contributed by atoms with Crippen LogP contribution in [0.1, 0.15) is 5.82 Å². The molecule has 0 spiro atoms. The molecule has 17 heavy (non-hydrogen) atoms. The molecule has 0 amide bonds. The van der Waals surface area contributed by atoms with Crippen molar-refractivity contribution in [2.24, 2.45) is 0 Å².